The van der Waals surface area contributed by atoms with Gasteiger partial charge in [0.25, 0.3) is 5.91 Å². The van der Waals surface area contributed by atoms with Gasteiger partial charge in [0.15, 0.2) is 0 Å². The predicted molar refractivity (Wildman–Crippen MR) is 143 cm³/mol. The van der Waals surface area contributed by atoms with E-state index in [1.54, 1.807) is 17.2 Å². The van der Waals surface area contributed by atoms with Gasteiger partial charge in [-0.15, -0.1) is 0 Å². The van der Waals surface area contributed by atoms with E-state index in [-0.39, 0.29) is 23.0 Å². The Balaban J connectivity index is 1.46. The van der Waals surface area contributed by atoms with Gasteiger partial charge in [-0.05, 0) is 42.0 Å². The highest BCUT2D eigenvalue weighted by Crippen LogP contribution is 2.32. The van der Waals surface area contributed by atoms with Crippen molar-refractivity contribution in [3.8, 4) is 17.0 Å². The molecule has 3 heterocycles. The topological polar surface area (TPSA) is 101 Å². The fourth-order valence-electron chi connectivity index (χ4n) is 4.47. The van der Waals surface area contributed by atoms with Crippen LogP contribution in [0.2, 0.25) is 0 Å². The summed E-state index contributed by atoms with van der Waals surface area (Å²) in [7, 11) is 1.40. The SMILES string of the molecule is C=CC(=O)N1CCN(c2ncnc3ccc(-c4cnc(OC)c(NC(=O)c5ccc(F)cc5F)c4)cc23)CC1. The summed E-state index contributed by atoms with van der Waals surface area (Å²) in [6.07, 6.45) is 4.42. The van der Waals surface area contributed by atoms with Crippen LogP contribution in [0.1, 0.15) is 10.4 Å². The Kier molecular flexibility index (Phi) is 7.13. The number of carbonyl (C=O) groups is 2. The van der Waals surface area contributed by atoms with Crippen LogP contribution < -0.4 is 15.0 Å². The number of pyridine rings is 1. The number of nitrogens with one attached hydrogen (secondary N) is 1. The van der Waals surface area contributed by atoms with Crippen molar-refractivity contribution < 1.29 is 23.1 Å². The van der Waals surface area contributed by atoms with E-state index in [4.69, 9.17) is 4.74 Å². The molecule has 1 aliphatic heterocycles. The molecule has 5 rings (SSSR count). The lowest BCUT2D eigenvalue weighted by atomic mass is 10.0. The third kappa shape index (κ3) is 5.24. The van der Waals surface area contributed by atoms with Gasteiger partial charge in [-0.3, -0.25) is 9.59 Å². The van der Waals surface area contributed by atoms with E-state index in [2.05, 4.69) is 31.7 Å². The minimum Gasteiger partial charge on any atom is -0.480 e. The second-order valence-electron chi connectivity index (χ2n) is 8.80. The first-order chi connectivity index (χ1) is 18.9. The Morgan fingerprint density at radius 2 is 1.79 bits per heavy atom. The number of hydrogen-bond donors (Lipinski definition) is 1. The first kappa shape index (κ1) is 25.7. The first-order valence-electron chi connectivity index (χ1n) is 12.1. The minimum atomic E-state index is -0.979. The number of methoxy groups -OCH3 is 1. The summed E-state index contributed by atoms with van der Waals surface area (Å²) in [5, 5.41) is 3.42. The van der Waals surface area contributed by atoms with E-state index in [1.165, 1.54) is 19.5 Å². The molecular weight excluding hydrogens is 506 g/mol. The molecule has 39 heavy (non-hydrogen) atoms. The molecule has 1 aliphatic rings. The van der Waals surface area contributed by atoms with E-state index in [1.807, 2.05) is 18.2 Å². The molecule has 4 aromatic rings. The van der Waals surface area contributed by atoms with Crippen molar-refractivity contribution in [2.45, 2.75) is 0 Å². The summed E-state index contributed by atoms with van der Waals surface area (Å²) in [4.78, 5) is 41.8. The van der Waals surface area contributed by atoms with Gasteiger partial charge in [-0.2, -0.15) is 0 Å². The number of ether oxygens (including phenoxy) is 1. The number of nitrogens with zero attached hydrogens (tertiary/aromatic N) is 5. The molecule has 0 bridgehead atoms. The van der Waals surface area contributed by atoms with Gasteiger partial charge in [0, 0.05) is 49.4 Å². The van der Waals surface area contributed by atoms with Gasteiger partial charge in [-0.25, -0.2) is 23.7 Å². The van der Waals surface area contributed by atoms with Crippen LogP contribution in [0.25, 0.3) is 22.0 Å². The van der Waals surface area contributed by atoms with E-state index >= 15 is 0 Å². The van der Waals surface area contributed by atoms with Crippen LogP contribution in [-0.2, 0) is 4.79 Å². The molecule has 0 saturated carbocycles. The van der Waals surface area contributed by atoms with Gasteiger partial charge in [0.05, 0.1) is 18.2 Å². The molecule has 0 atom stereocenters. The number of fused-ring (bicyclic) bond motifs is 1. The van der Waals surface area contributed by atoms with Crippen LogP contribution in [0, 0.1) is 11.6 Å². The number of aromatic nitrogens is 3. The van der Waals surface area contributed by atoms with Gasteiger partial charge >= 0.3 is 0 Å². The quantitative estimate of drug-likeness (QED) is 0.375. The van der Waals surface area contributed by atoms with Crippen molar-refractivity contribution in [2.24, 2.45) is 0 Å². The van der Waals surface area contributed by atoms with Crippen LogP contribution >= 0.6 is 0 Å². The van der Waals surface area contributed by atoms with Crippen LogP contribution in [0.15, 0.2) is 67.6 Å². The Morgan fingerprint density at radius 3 is 2.51 bits per heavy atom. The molecule has 0 spiro atoms. The number of halogens is 2. The maximum Gasteiger partial charge on any atom is 0.258 e. The average Bonchev–Trinajstić information content (AvgIpc) is 2.96. The van der Waals surface area contributed by atoms with Gasteiger partial charge in [-0.1, -0.05) is 12.6 Å². The van der Waals surface area contributed by atoms with Crippen LogP contribution in [0.3, 0.4) is 0 Å². The monoisotopic (exact) mass is 530 g/mol. The third-order valence-corrected chi connectivity index (χ3v) is 6.48. The number of amides is 2. The molecule has 0 unspecified atom stereocenters. The van der Waals surface area contributed by atoms with Crippen molar-refractivity contribution >= 4 is 34.2 Å². The summed E-state index contributed by atoms with van der Waals surface area (Å²) < 4.78 is 32.7. The standard InChI is InChI=1S/C28H24F2N6O3/c1-3-25(37)35-8-10-36(11-9-35)26-21-12-17(4-7-23(21)32-16-33-26)18-13-24(28(39-2)31-15-18)34-27(38)20-6-5-19(29)14-22(20)30/h3-7,12-16H,1,8-11H2,2H3,(H,34,38). The molecular formula is C28H24F2N6O3. The zero-order chi connectivity index (χ0) is 27.5. The normalized spacial score (nSPS) is 13.3. The Morgan fingerprint density at radius 1 is 1.00 bits per heavy atom. The zero-order valence-corrected chi connectivity index (χ0v) is 21.0. The largest absolute Gasteiger partial charge is 0.480 e. The molecule has 0 aliphatic carbocycles. The predicted octanol–water partition coefficient (Wildman–Crippen LogP) is 4.07. The highest BCUT2D eigenvalue weighted by Gasteiger charge is 2.22. The van der Waals surface area contributed by atoms with Crippen LogP contribution in [0.4, 0.5) is 20.3 Å². The molecule has 2 aromatic heterocycles. The van der Waals surface area contributed by atoms with E-state index in [0.29, 0.717) is 37.8 Å². The fourth-order valence-corrected chi connectivity index (χ4v) is 4.47. The Bertz CT molecular complexity index is 1590. The Labute approximate surface area is 222 Å². The highest BCUT2D eigenvalue weighted by atomic mass is 19.1. The number of rotatable bonds is 6. The smallest absolute Gasteiger partial charge is 0.258 e. The second-order valence-corrected chi connectivity index (χ2v) is 8.80. The van der Waals surface area contributed by atoms with Gasteiger partial charge in [0.2, 0.25) is 11.8 Å². The van der Waals surface area contributed by atoms with Crippen molar-refractivity contribution in [3.05, 3.63) is 84.8 Å². The Hall–Kier alpha value is -4.93. The minimum absolute atomic E-state index is 0.0958. The summed E-state index contributed by atoms with van der Waals surface area (Å²) >= 11 is 0. The van der Waals surface area contributed by atoms with Gasteiger partial charge in [0.1, 0.15) is 29.5 Å². The molecule has 1 saturated heterocycles. The highest BCUT2D eigenvalue weighted by molar-refractivity contribution is 6.05. The molecule has 9 nitrogen and oxygen atoms in total. The molecule has 1 N–H and O–H groups in total. The molecule has 198 valence electrons. The third-order valence-electron chi connectivity index (χ3n) is 6.48. The number of anilines is 2. The van der Waals surface area contributed by atoms with Crippen molar-refractivity contribution in [1.29, 1.82) is 0 Å². The fraction of sp³-hybridized carbons (Fsp3) is 0.179. The number of benzene rings is 2. The van der Waals surface area contributed by atoms with E-state index in [0.717, 1.165) is 34.4 Å². The zero-order valence-electron chi connectivity index (χ0n) is 21.0. The lowest BCUT2D eigenvalue weighted by Gasteiger charge is -2.35. The average molecular weight is 531 g/mol. The first-order valence-corrected chi connectivity index (χ1v) is 12.1. The molecule has 2 amide bonds. The van der Waals surface area contributed by atoms with E-state index in [9.17, 15) is 18.4 Å². The van der Waals surface area contributed by atoms with Gasteiger partial charge < -0.3 is 19.9 Å². The summed E-state index contributed by atoms with van der Waals surface area (Å²) in [6, 6.07) is 10.1. The molecule has 0 radical (unpaired) electrons. The van der Waals surface area contributed by atoms with Crippen LogP contribution in [0.5, 0.6) is 5.88 Å². The van der Waals surface area contributed by atoms with Crippen LogP contribution in [-0.4, -0.2) is 65.0 Å². The molecule has 1 fully saturated rings. The lowest BCUT2D eigenvalue weighted by Crippen LogP contribution is -2.48. The van der Waals surface area contributed by atoms with Crippen molar-refractivity contribution in [2.75, 3.05) is 43.5 Å². The maximum atomic E-state index is 14.2. The van der Waals surface area contributed by atoms with Crippen molar-refractivity contribution in [1.82, 2.24) is 19.9 Å². The summed E-state index contributed by atoms with van der Waals surface area (Å²) in [5.74, 6) is -1.75. The maximum absolute atomic E-state index is 14.2. The molecule has 11 heteroatoms. The number of hydrogen-bond acceptors (Lipinski definition) is 7. The summed E-state index contributed by atoms with van der Waals surface area (Å²) in [6.45, 7) is 5.87. The number of carbonyl (C=O) groups excluding carboxylic acids is 2. The van der Waals surface area contributed by atoms with Crippen molar-refractivity contribution in [3.63, 3.8) is 0 Å². The molecule has 2 aromatic carbocycles. The number of piperazine rings is 1. The second kappa shape index (κ2) is 10.8. The summed E-state index contributed by atoms with van der Waals surface area (Å²) in [5.41, 5.74) is 2.08. The van der Waals surface area contributed by atoms with E-state index < -0.39 is 17.5 Å². The lowest BCUT2D eigenvalue weighted by molar-refractivity contribution is -0.126.